The quantitative estimate of drug-likeness (QED) is 0.543. The molecule has 3 aliphatic heterocycles. The fourth-order valence-electron chi connectivity index (χ4n) is 4.86. The van der Waals surface area contributed by atoms with Gasteiger partial charge in [0.05, 0.1) is 18.2 Å². The Morgan fingerprint density at radius 2 is 2.15 bits per heavy atom. The number of aromatic nitrogens is 2. The Hall–Kier alpha value is -3.56. The number of amides is 2. The van der Waals surface area contributed by atoms with Crippen LogP contribution < -0.4 is 15.4 Å². The molecule has 2 aromatic rings. The summed E-state index contributed by atoms with van der Waals surface area (Å²) in [5.74, 6) is 0.539. The van der Waals surface area contributed by atoms with E-state index in [1.54, 1.807) is 16.0 Å². The maximum absolute atomic E-state index is 13.2. The van der Waals surface area contributed by atoms with E-state index in [-0.39, 0.29) is 12.5 Å². The summed E-state index contributed by atoms with van der Waals surface area (Å²) in [7, 11) is 0. The SMILES string of the molecule is O=C(O)C[C@@H](c1cnc2c(c1)NCCO2)N1CCN(CCCc2ccc3c(n2)NCCC3)C1=O. The molecule has 0 unspecified atom stereocenters. The number of carbonyl (C=O) groups excluding carboxylic acids is 1. The van der Waals surface area contributed by atoms with Crippen LogP contribution in [0.15, 0.2) is 24.4 Å². The molecule has 0 radical (unpaired) electrons. The molecule has 2 aromatic heterocycles. The number of nitrogens with zero attached hydrogens (tertiary/aromatic N) is 4. The van der Waals surface area contributed by atoms with Gasteiger partial charge in [0.2, 0.25) is 5.88 Å². The van der Waals surface area contributed by atoms with Crippen LogP contribution in [0.3, 0.4) is 0 Å². The number of carboxylic acids is 1. The highest BCUT2D eigenvalue weighted by atomic mass is 16.5. The number of pyridine rings is 2. The number of urea groups is 1. The lowest BCUT2D eigenvalue weighted by atomic mass is 10.0. The van der Waals surface area contributed by atoms with E-state index in [4.69, 9.17) is 9.72 Å². The van der Waals surface area contributed by atoms with Crippen LogP contribution in [0.25, 0.3) is 0 Å². The number of carboxylic acid groups (broad SMARTS) is 1. The first kappa shape index (κ1) is 22.2. The molecular weight excluding hydrogens is 436 g/mol. The van der Waals surface area contributed by atoms with Crippen LogP contribution in [0.2, 0.25) is 0 Å². The predicted molar refractivity (Wildman–Crippen MR) is 126 cm³/mol. The first-order chi connectivity index (χ1) is 16.6. The van der Waals surface area contributed by atoms with E-state index in [9.17, 15) is 14.7 Å². The molecule has 5 rings (SSSR count). The average Bonchev–Trinajstić information content (AvgIpc) is 3.22. The van der Waals surface area contributed by atoms with Crippen LogP contribution in [0.5, 0.6) is 5.88 Å². The summed E-state index contributed by atoms with van der Waals surface area (Å²) in [6.45, 7) is 3.83. The summed E-state index contributed by atoms with van der Waals surface area (Å²) in [6.07, 6.45) is 5.23. The standard InChI is InChI=1S/C24H30N6O4/c31-21(32)14-20(17-13-19-23(27-15-17)34-12-8-25-19)30-11-10-29(24(30)33)9-2-4-18-6-5-16-3-1-7-26-22(16)28-18/h5-6,13,15,20,25H,1-4,7-12,14H2,(H,26,28)(H,31,32)/t20-/m0/s1. The molecule has 10 heteroatoms. The van der Waals surface area contributed by atoms with Crippen LogP contribution in [0.4, 0.5) is 16.3 Å². The Morgan fingerprint density at radius 3 is 3.03 bits per heavy atom. The molecule has 3 aliphatic rings. The van der Waals surface area contributed by atoms with Crippen molar-refractivity contribution in [1.29, 1.82) is 0 Å². The minimum atomic E-state index is -0.953. The Kier molecular flexibility index (Phi) is 6.37. The summed E-state index contributed by atoms with van der Waals surface area (Å²) in [4.78, 5) is 37.3. The Bertz CT molecular complexity index is 1080. The van der Waals surface area contributed by atoms with Gasteiger partial charge in [-0.1, -0.05) is 6.07 Å². The lowest BCUT2D eigenvalue weighted by molar-refractivity contribution is -0.138. The predicted octanol–water partition coefficient (Wildman–Crippen LogP) is 2.53. The number of nitrogens with one attached hydrogen (secondary N) is 2. The second-order valence-corrected chi connectivity index (χ2v) is 8.92. The summed E-state index contributed by atoms with van der Waals surface area (Å²) in [6, 6.07) is 5.36. The van der Waals surface area contributed by atoms with Gasteiger partial charge in [-0.2, -0.15) is 0 Å². The maximum atomic E-state index is 13.2. The van der Waals surface area contributed by atoms with Crippen molar-refractivity contribution >= 4 is 23.5 Å². The number of anilines is 2. The summed E-state index contributed by atoms with van der Waals surface area (Å²) >= 11 is 0. The highest BCUT2D eigenvalue weighted by Gasteiger charge is 2.36. The second kappa shape index (κ2) is 9.74. The molecule has 1 saturated heterocycles. The molecule has 3 N–H and O–H groups in total. The molecule has 5 heterocycles. The molecule has 0 aromatic carbocycles. The monoisotopic (exact) mass is 466 g/mol. The largest absolute Gasteiger partial charge is 0.481 e. The summed E-state index contributed by atoms with van der Waals surface area (Å²) < 4.78 is 5.53. The third-order valence-electron chi connectivity index (χ3n) is 6.60. The number of aryl methyl sites for hydroxylation is 2. The molecule has 0 bridgehead atoms. The van der Waals surface area contributed by atoms with Crippen LogP contribution in [-0.4, -0.2) is 76.2 Å². The number of hydrogen-bond acceptors (Lipinski definition) is 7. The molecule has 0 aliphatic carbocycles. The topological polar surface area (TPSA) is 120 Å². The first-order valence-corrected chi connectivity index (χ1v) is 11.9. The Morgan fingerprint density at radius 1 is 1.24 bits per heavy atom. The van der Waals surface area contributed by atoms with E-state index in [1.807, 2.05) is 6.07 Å². The lowest BCUT2D eigenvalue weighted by Gasteiger charge is -2.28. The van der Waals surface area contributed by atoms with Gasteiger partial charge in [0.25, 0.3) is 0 Å². The third kappa shape index (κ3) is 4.71. The highest BCUT2D eigenvalue weighted by Crippen LogP contribution is 2.33. The zero-order valence-corrected chi connectivity index (χ0v) is 19.1. The van der Waals surface area contributed by atoms with Crippen molar-refractivity contribution in [3.8, 4) is 5.88 Å². The van der Waals surface area contributed by atoms with Gasteiger partial charge in [-0.15, -0.1) is 0 Å². The van der Waals surface area contributed by atoms with Gasteiger partial charge in [0.1, 0.15) is 12.4 Å². The van der Waals surface area contributed by atoms with Gasteiger partial charge in [-0.05, 0) is 48.9 Å². The van der Waals surface area contributed by atoms with Crippen molar-refractivity contribution in [3.05, 3.63) is 41.2 Å². The summed E-state index contributed by atoms with van der Waals surface area (Å²) in [5, 5.41) is 16.1. The minimum Gasteiger partial charge on any atom is -0.481 e. The number of ether oxygens (including phenoxy) is 1. The lowest BCUT2D eigenvalue weighted by Crippen LogP contribution is -2.36. The first-order valence-electron chi connectivity index (χ1n) is 11.9. The third-order valence-corrected chi connectivity index (χ3v) is 6.60. The normalized spacial score (nSPS) is 17.8. The van der Waals surface area contributed by atoms with Gasteiger partial charge < -0.3 is 30.3 Å². The number of aliphatic carboxylic acids is 1. The van der Waals surface area contributed by atoms with Crippen molar-refractivity contribution in [2.45, 2.75) is 38.1 Å². The molecule has 0 saturated carbocycles. The zero-order chi connectivity index (χ0) is 23.5. The van der Waals surface area contributed by atoms with Crippen molar-refractivity contribution in [2.24, 2.45) is 0 Å². The van der Waals surface area contributed by atoms with E-state index in [0.29, 0.717) is 44.2 Å². The van der Waals surface area contributed by atoms with Crippen molar-refractivity contribution in [2.75, 3.05) is 50.0 Å². The number of fused-ring (bicyclic) bond motifs is 2. The molecule has 1 atom stereocenters. The Balaban J connectivity index is 1.22. The molecule has 10 nitrogen and oxygen atoms in total. The van der Waals surface area contributed by atoms with E-state index >= 15 is 0 Å². The van der Waals surface area contributed by atoms with Crippen molar-refractivity contribution in [1.82, 2.24) is 19.8 Å². The zero-order valence-electron chi connectivity index (χ0n) is 19.1. The Labute approximate surface area is 198 Å². The fourth-order valence-corrected chi connectivity index (χ4v) is 4.86. The maximum Gasteiger partial charge on any atom is 0.320 e. The fraction of sp³-hybridized carbons (Fsp3) is 0.500. The molecule has 34 heavy (non-hydrogen) atoms. The summed E-state index contributed by atoms with van der Waals surface area (Å²) in [5.41, 5.74) is 3.72. The number of hydrogen-bond donors (Lipinski definition) is 3. The number of carbonyl (C=O) groups is 2. The number of rotatable bonds is 8. The molecular formula is C24H30N6O4. The van der Waals surface area contributed by atoms with Crippen LogP contribution in [-0.2, 0) is 17.6 Å². The molecule has 2 amide bonds. The van der Waals surface area contributed by atoms with Crippen molar-refractivity contribution in [3.63, 3.8) is 0 Å². The van der Waals surface area contributed by atoms with Gasteiger partial charge in [-0.3, -0.25) is 4.79 Å². The van der Waals surface area contributed by atoms with Crippen molar-refractivity contribution < 1.29 is 19.4 Å². The molecule has 0 spiro atoms. The average molecular weight is 467 g/mol. The van der Waals surface area contributed by atoms with Crippen LogP contribution in [0, 0.1) is 0 Å². The van der Waals surface area contributed by atoms with E-state index < -0.39 is 12.0 Å². The van der Waals surface area contributed by atoms with Gasteiger partial charge in [0, 0.05) is 44.6 Å². The van der Waals surface area contributed by atoms with E-state index in [2.05, 4.69) is 27.8 Å². The van der Waals surface area contributed by atoms with E-state index in [0.717, 1.165) is 49.4 Å². The van der Waals surface area contributed by atoms with Crippen LogP contribution in [0.1, 0.15) is 42.1 Å². The van der Waals surface area contributed by atoms with Crippen LogP contribution >= 0.6 is 0 Å². The molecule has 1 fully saturated rings. The minimum absolute atomic E-state index is 0.131. The van der Waals surface area contributed by atoms with Gasteiger partial charge in [0.15, 0.2) is 0 Å². The smallest absolute Gasteiger partial charge is 0.320 e. The van der Waals surface area contributed by atoms with E-state index in [1.165, 1.54) is 5.56 Å². The molecule has 180 valence electrons. The van der Waals surface area contributed by atoms with Gasteiger partial charge in [-0.25, -0.2) is 14.8 Å². The highest BCUT2D eigenvalue weighted by molar-refractivity contribution is 5.78. The second-order valence-electron chi connectivity index (χ2n) is 8.92. The van der Waals surface area contributed by atoms with Gasteiger partial charge >= 0.3 is 12.0 Å².